The van der Waals surface area contributed by atoms with Crippen LogP contribution in [0.25, 0.3) is 0 Å². The molecule has 0 saturated heterocycles. The number of methoxy groups -OCH3 is 1. The molecule has 3 aromatic rings. The van der Waals surface area contributed by atoms with Crippen LogP contribution in [0.15, 0.2) is 78.9 Å². The van der Waals surface area contributed by atoms with Gasteiger partial charge in [0.05, 0.1) is 23.8 Å². The minimum atomic E-state index is -0.289. The van der Waals surface area contributed by atoms with Gasteiger partial charge in [0.2, 0.25) is 0 Å². The number of benzene rings is 3. The summed E-state index contributed by atoms with van der Waals surface area (Å²) in [6.45, 7) is 0.732. The number of hydrogen-bond acceptors (Lipinski definition) is 4. The summed E-state index contributed by atoms with van der Waals surface area (Å²) < 4.78 is 11.4. The third-order valence-electron chi connectivity index (χ3n) is 5.23. The van der Waals surface area contributed by atoms with E-state index in [2.05, 4.69) is 0 Å². The van der Waals surface area contributed by atoms with Crippen LogP contribution in [0, 0.1) is 0 Å². The molecule has 4 rings (SSSR count). The van der Waals surface area contributed by atoms with Crippen LogP contribution in [-0.2, 0) is 17.8 Å². The lowest BCUT2D eigenvalue weighted by Gasteiger charge is -2.21. The van der Waals surface area contributed by atoms with E-state index in [4.69, 9.17) is 9.47 Å². The predicted octanol–water partition coefficient (Wildman–Crippen LogP) is 4.12. The van der Waals surface area contributed by atoms with E-state index < -0.39 is 0 Å². The molecule has 0 unspecified atom stereocenters. The Kier molecular flexibility index (Phi) is 5.91. The van der Waals surface area contributed by atoms with Crippen LogP contribution < -0.4 is 4.74 Å². The first-order chi connectivity index (χ1) is 14.7. The van der Waals surface area contributed by atoms with Crippen LogP contribution in [0.4, 0.5) is 0 Å². The lowest BCUT2D eigenvalue weighted by Crippen LogP contribution is -2.38. The van der Waals surface area contributed by atoms with E-state index in [1.54, 1.807) is 31.4 Å². The molecule has 0 radical (unpaired) electrons. The van der Waals surface area contributed by atoms with Crippen LogP contribution in [0.3, 0.4) is 0 Å². The first-order valence-electron chi connectivity index (χ1n) is 9.89. The molecule has 0 aromatic heterocycles. The Hall–Kier alpha value is -3.44. The van der Waals surface area contributed by atoms with Crippen molar-refractivity contribution in [2.45, 2.75) is 19.1 Å². The van der Waals surface area contributed by atoms with Crippen LogP contribution in [-0.4, -0.2) is 36.5 Å². The highest BCUT2D eigenvalue weighted by atomic mass is 16.5. The van der Waals surface area contributed by atoms with Gasteiger partial charge >= 0.3 is 0 Å². The van der Waals surface area contributed by atoms with Crippen molar-refractivity contribution in [3.8, 4) is 5.75 Å². The first-order valence-corrected chi connectivity index (χ1v) is 9.89. The molecule has 2 amide bonds. The van der Waals surface area contributed by atoms with E-state index in [-0.39, 0.29) is 24.5 Å². The van der Waals surface area contributed by atoms with E-state index in [1.807, 2.05) is 54.6 Å². The van der Waals surface area contributed by atoms with Crippen LogP contribution in [0.1, 0.15) is 31.8 Å². The number of carbonyl (C=O) groups is 2. The topological polar surface area (TPSA) is 55.8 Å². The Morgan fingerprint density at radius 2 is 1.37 bits per heavy atom. The van der Waals surface area contributed by atoms with Gasteiger partial charge in [0.25, 0.3) is 11.8 Å². The van der Waals surface area contributed by atoms with Crippen molar-refractivity contribution in [3.05, 3.63) is 101 Å². The number of hydrogen-bond donors (Lipinski definition) is 0. The standard InChI is InChI=1S/C25H23NO4/c1-29-21(16-26-24(27)22-9-5-6-10-23(22)25(26)28)15-18-11-13-20(14-12-18)30-17-19-7-3-2-4-8-19/h2-14,21H,15-17H2,1H3/t21-/m0/s1. The predicted molar refractivity (Wildman–Crippen MR) is 114 cm³/mol. The maximum absolute atomic E-state index is 12.6. The molecule has 0 bridgehead atoms. The summed E-state index contributed by atoms with van der Waals surface area (Å²) >= 11 is 0. The number of amides is 2. The smallest absolute Gasteiger partial charge is 0.261 e. The Morgan fingerprint density at radius 1 is 0.767 bits per heavy atom. The molecule has 0 saturated carbocycles. The third-order valence-corrected chi connectivity index (χ3v) is 5.23. The van der Waals surface area contributed by atoms with Gasteiger partial charge < -0.3 is 9.47 Å². The number of imide groups is 1. The average Bonchev–Trinajstić information content (AvgIpc) is 3.03. The van der Waals surface area contributed by atoms with Gasteiger partial charge in [-0.15, -0.1) is 0 Å². The summed E-state index contributed by atoms with van der Waals surface area (Å²) in [6.07, 6.45) is 0.298. The monoisotopic (exact) mass is 401 g/mol. The zero-order chi connectivity index (χ0) is 20.9. The van der Waals surface area contributed by atoms with Crippen LogP contribution in [0.5, 0.6) is 5.75 Å². The highest BCUT2D eigenvalue weighted by Gasteiger charge is 2.36. The fourth-order valence-corrected chi connectivity index (χ4v) is 3.56. The summed E-state index contributed by atoms with van der Waals surface area (Å²) in [5, 5.41) is 0. The zero-order valence-corrected chi connectivity index (χ0v) is 16.8. The molecule has 0 N–H and O–H groups in total. The van der Waals surface area contributed by atoms with Gasteiger partial charge in [-0.3, -0.25) is 14.5 Å². The Bertz CT molecular complexity index is 996. The largest absolute Gasteiger partial charge is 0.489 e. The van der Waals surface area contributed by atoms with E-state index >= 15 is 0 Å². The van der Waals surface area contributed by atoms with Crippen LogP contribution in [0.2, 0.25) is 0 Å². The molecule has 30 heavy (non-hydrogen) atoms. The second-order valence-electron chi connectivity index (χ2n) is 7.25. The molecule has 0 aliphatic carbocycles. The molecule has 1 atom stereocenters. The molecule has 0 fully saturated rings. The molecule has 0 spiro atoms. The molecule has 1 heterocycles. The number of fused-ring (bicyclic) bond motifs is 1. The van der Waals surface area contributed by atoms with Gasteiger partial charge in [-0.05, 0) is 35.4 Å². The first kappa shape index (κ1) is 19.9. The van der Waals surface area contributed by atoms with Crippen molar-refractivity contribution in [1.82, 2.24) is 4.90 Å². The fraction of sp³-hybridized carbons (Fsp3) is 0.200. The van der Waals surface area contributed by atoms with Crippen molar-refractivity contribution in [3.63, 3.8) is 0 Å². The van der Waals surface area contributed by atoms with Crippen LogP contribution >= 0.6 is 0 Å². The molecule has 152 valence electrons. The Labute approximate surface area is 175 Å². The third kappa shape index (κ3) is 4.26. The second-order valence-corrected chi connectivity index (χ2v) is 7.25. The van der Waals surface area contributed by atoms with Crippen molar-refractivity contribution < 1.29 is 19.1 Å². The summed E-state index contributed by atoms with van der Waals surface area (Å²) in [4.78, 5) is 26.4. The molecule has 1 aliphatic heterocycles. The zero-order valence-electron chi connectivity index (χ0n) is 16.8. The number of ether oxygens (including phenoxy) is 2. The molecule has 3 aromatic carbocycles. The summed E-state index contributed by atoms with van der Waals surface area (Å²) in [6, 6.07) is 24.7. The fourth-order valence-electron chi connectivity index (χ4n) is 3.56. The molecular weight excluding hydrogens is 378 g/mol. The van der Waals surface area contributed by atoms with Gasteiger partial charge in [0, 0.05) is 13.5 Å². The van der Waals surface area contributed by atoms with E-state index in [9.17, 15) is 9.59 Å². The number of carbonyl (C=O) groups excluding carboxylic acids is 2. The summed E-state index contributed by atoms with van der Waals surface area (Å²) in [7, 11) is 1.60. The minimum Gasteiger partial charge on any atom is -0.489 e. The molecule has 5 nitrogen and oxygen atoms in total. The lowest BCUT2D eigenvalue weighted by molar-refractivity contribution is 0.0442. The van der Waals surface area contributed by atoms with E-state index in [1.165, 1.54) is 4.90 Å². The van der Waals surface area contributed by atoms with E-state index in [0.29, 0.717) is 24.2 Å². The Balaban J connectivity index is 1.36. The lowest BCUT2D eigenvalue weighted by atomic mass is 10.1. The number of rotatable bonds is 8. The van der Waals surface area contributed by atoms with Crippen molar-refractivity contribution in [2.75, 3.05) is 13.7 Å². The SMILES string of the molecule is CO[C@@H](Cc1ccc(OCc2ccccc2)cc1)CN1C(=O)c2ccccc2C1=O. The molecular formula is C25H23NO4. The maximum Gasteiger partial charge on any atom is 0.261 e. The quantitative estimate of drug-likeness (QED) is 0.533. The van der Waals surface area contributed by atoms with E-state index in [0.717, 1.165) is 16.9 Å². The minimum absolute atomic E-state index is 0.217. The molecule has 5 heteroatoms. The highest BCUT2D eigenvalue weighted by molar-refractivity contribution is 6.21. The van der Waals surface area contributed by atoms with Gasteiger partial charge in [-0.1, -0.05) is 54.6 Å². The van der Waals surface area contributed by atoms with Gasteiger partial charge in [0.1, 0.15) is 12.4 Å². The second kappa shape index (κ2) is 8.93. The highest BCUT2D eigenvalue weighted by Crippen LogP contribution is 2.23. The summed E-state index contributed by atoms with van der Waals surface area (Å²) in [5.74, 6) is 0.265. The molecule has 1 aliphatic rings. The van der Waals surface area contributed by atoms with Crippen molar-refractivity contribution in [1.29, 1.82) is 0 Å². The number of nitrogens with zero attached hydrogens (tertiary/aromatic N) is 1. The normalized spacial score (nSPS) is 14.0. The van der Waals surface area contributed by atoms with Crippen molar-refractivity contribution >= 4 is 11.8 Å². The van der Waals surface area contributed by atoms with Crippen molar-refractivity contribution in [2.24, 2.45) is 0 Å². The summed E-state index contributed by atoms with van der Waals surface area (Å²) in [5.41, 5.74) is 3.07. The maximum atomic E-state index is 12.6. The average molecular weight is 401 g/mol. The van der Waals surface area contributed by atoms with Gasteiger partial charge in [0.15, 0.2) is 0 Å². The Morgan fingerprint density at radius 3 is 1.97 bits per heavy atom. The van der Waals surface area contributed by atoms with Gasteiger partial charge in [-0.2, -0.15) is 0 Å². The van der Waals surface area contributed by atoms with Gasteiger partial charge in [-0.25, -0.2) is 0 Å².